The molecule has 0 aromatic rings. The van der Waals surface area contributed by atoms with Gasteiger partial charge in [0.15, 0.2) is 12.4 Å². The monoisotopic (exact) mass is 1260 g/mol. The molecule has 61 heavy (non-hydrogen) atoms. The van der Waals surface area contributed by atoms with Crippen molar-refractivity contribution in [2.45, 2.75) is 49.0 Å². The van der Waals surface area contributed by atoms with Gasteiger partial charge in [-0.25, -0.2) is 67.3 Å². The first-order valence-electron chi connectivity index (χ1n) is 11.5. The van der Waals surface area contributed by atoms with E-state index in [9.17, 15) is 104 Å². The second-order valence-corrected chi connectivity index (χ2v) is 16.8. The van der Waals surface area contributed by atoms with Gasteiger partial charge < -0.3 is 45.9 Å². The van der Waals surface area contributed by atoms with Gasteiger partial charge in [0.2, 0.25) is 83.2 Å². The van der Waals surface area contributed by atoms with E-state index in [2.05, 4.69) is 42.9 Å². The topological polar surface area (TPSA) is 550 Å². The molecule has 0 aromatic heterocycles. The van der Waals surface area contributed by atoms with Crippen LogP contribution in [0, 0.1) is 0 Å². The zero-order chi connectivity index (χ0) is 41.8. The van der Waals surface area contributed by atoms with Gasteiger partial charge >= 0.3 is 411 Å². The van der Waals surface area contributed by atoms with Gasteiger partial charge in [-0.1, -0.05) is 0 Å². The predicted molar refractivity (Wildman–Crippen MR) is 133 cm³/mol. The van der Waals surface area contributed by atoms with Crippen molar-refractivity contribution in [1.82, 2.24) is 0 Å². The summed E-state index contributed by atoms with van der Waals surface area (Å²) in [6, 6.07) is 0. The van der Waals surface area contributed by atoms with Crippen LogP contribution in [0.25, 0.3) is 0 Å². The third kappa shape index (κ3) is 46.6. The summed E-state index contributed by atoms with van der Waals surface area (Å²) in [5.74, 6) is 0. The summed E-state index contributed by atoms with van der Waals surface area (Å²) in [5, 5.41) is 0. The molecule has 1 heterocycles. The molecule has 34 nitrogen and oxygen atoms in total. The summed E-state index contributed by atoms with van der Waals surface area (Å²) in [4.78, 5) is 0. The fourth-order valence-corrected chi connectivity index (χ4v) is 7.23. The summed E-state index contributed by atoms with van der Waals surface area (Å²) >= 11 is 0. The van der Waals surface area contributed by atoms with E-state index in [1.54, 1.807) is 0 Å². The van der Waals surface area contributed by atoms with Crippen LogP contribution in [0.15, 0.2) is 0 Å². The normalized spacial score (nSPS) is 20.8. The van der Waals surface area contributed by atoms with Gasteiger partial charge in [-0.05, 0) is 0 Å². The van der Waals surface area contributed by atoms with E-state index in [4.69, 9.17) is 0 Å². The van der Waals surface area contributed by atoms with Crippen molar-refractivity contribution < 1.29 is 558 Å². The number of rotatable bonds is 23. The van der Waals surface area contributed by atoms with Gasteiger partial charge in [-0.15, -0.1) is 0 Å². The summed E-state index contributed by atoms with van der Waals surface area (Å²) in [7, 11) is -50.9. The quantitative estimate of drug-likeness (QED) is 0.0521. The molecular formula is C11H14K8O34S8. The molecule has 0 radical (unpaired) electrons. The zero-order valence-corrected chi connectivity index (χ0v) is 63.4. The van der Waals surface area contributed by atoms with Crippen LogP contribution in [0.2, 0.25) is 0 Å². The molecule has 0 bridgehead atoms. The summed E-state index contributed by atoms with van der Waals surface area (Å²) < 4.78 is 310. The van der Waals surface area contributed by atoms with Crippen LogP contribution < -0.4 is 411 Å². The molecule has 1 aliphatic heterocycles. The Morgan fingerprint density at radius 2 is 0.721 bits per heavy atom. The van der Waals surface area contributed by atoms with Gasteiger partial charge in [0.25, 0.3) is 0 Å². The molecule has 8 atom stereocenters. The maximum absolute atomic E-state index is 11.5. The molecule has 0 aromatic carbocycles. The molecule has 1 saturated heterocycles. The van der Waals surface area contributed by atoms with Crippen molar-refractivity contribution in [1.29, 1.82) is 0 Å². The molecular weight excluding hydrogens is 1250 g/mol. The minimum absolute atomic E-state index is 0. The van der Waals surface area contributed by atoms with Crippen LogP contribution in [-0.4, -0.2) is 173 Å². The molecule has 0 amide bonds. The maximum atomic E-state index is 11.5. The minimum atomic E-state index is -6.64. The first-order valence-corrected chi connectivity index (χ1v) is 22.2. The van der Waals surface area contributed by atoms with E-state index in [0.717, 1.165) is 0 Å². The first-order chi connectivity index (χ1) is 23.2. The Morgan fingerprint density at radius 3 is 1.02 bits per heavy atom. The Balaban J connectivity index is -0.000000585. The summed E-state index contributed by atoms with van der Waals surface area (Å²) in [6.07, 6.45) is -27.2. The van der Waals surface area contributed by atoms with Gasteiger partial charge in [-0.2, -0.15) is 0 Å². The van der Waals surface area contributed by atoms with Crippen LogP contribution in [0.3, 0.4) is 0 Å². The SMILES string of the molecule is O=S(=O)([O-])OC[C@@H](OS(=O)(=O)[O-])[C@@H](OS(=O)(=O)[O-])[C@H](OS(=O)(=O)[O-])[C@@H](CO[C@@H]1OC[C@@H](OS(=O)(=O)[O-])[C@H](OS(=O)(=O)[O-])[C@H]1OS(=O)(=O)[O-])OS(=O)(=O)[O-].[K+].[K+].[K+].[K+].[K+].[K+].[K+].[K+]. The molecule has 50 heteroatoms. The Bertz CT molecular complexity index is 2190. The largest absolute Gasteiger partial charge is 1.00 e. The third-order valence-electron chi connectivity index (χ3n) is 4.88. The average Bonchev–Trinajstić information content (AvgIpc) is 2.84. The molecule has 1 rings (SSSR count). The molecule has 1 aliphatic rings. The van der Waals surface area contributed by atoms with Crippen LogP contribution in [0.4, 0.5) is 0 Å². The minimum Gasteiger partial charge on any atom is -0.726 e. The fourth-order valence-electron chi connectivity index (χ4n) is 3.54. The third-order valence-corrected chi connectivity index (χ3v) is 8.59. The van der Waals surface area contributed by atoms with Crippen molar-refractivity contribution in [3.63, 3.8) is 0 Å². The summed E-state index contributed by atoms with van der Waals surface area (Å²) in [6.45, 7) is -6.33. The van der Waals surface area contributed by atoms with Crippen LogP contribution >= 0.6 is 0 Å². The molecule has 0 N–H and O–H groups in total. The van der Waals surface area contributed by atoms with Gasteiger partial charge in [0, 0.05) is 0 Å². The van der Waals surface area contributed by atoms with Gasteiger partial charge in [0.05, 0.1) is 19.8 Å². The Morgan fingerprint density at radius 1 is 0.410 bits per heavy atom. The van der Waals surface area contributed by atoms with Crippen molar-refractivity contribution in [3.8, 4) is 0 Å². The Hall–Kier alpha value is 12.0. The first kappa shape index (κ1) is 89.5. The van der Waals surface area contributed by atoms with E-state index < -0.39 is 152 Å². The Kier molecular flexibility index (Phi) is 56.6. The van der Waals surface area contributed by atoms with Crippen LogP contribution in [0.1, 0.15) is 0 Å². The smallest absolute Gasteiger partial charge is 0.726 e. The van der Waals surface area contributed by atoms with Crippen molar-refractivity contribution >= 4 is 83.2 Å². The Labute approximate surface area is 689 Å². The van der Waals surface area contributed by atoms with Crippen LogP contribution in [-0.2, 0) is 126 Å². The fraction of sp³-hybridized carbons (Fsp3) is 1.00. The molecule has 0 saturated carbocycles. The maximum Gasteiger partial charge on any atom is 1.00 e. The molecule has 1 fully saturated rings. The summed E-state index contributed by atoms with van der Waals surface area (Å²) in [5.41, 5.74) is 0. The predicted octanol–water partition coefficient (Wildman–Crippen LogP) is -33.2. The molecule has 0 unspecified atom stereocenters. The second-order valence-electron chi connectivity index (χ2n) is 8.73. The van der Waals surface area contributed by atoms with Crippen LogP contribution in [0.5, 0.6) is 0 Å². The molecule has 318 valence electrons. The van der Waals surface area contributed by atoms with Crippen molar-refractivity contribution in [2.75, 3.05) is 19.8 Å². The van der Waals surface area contributed by atoms with Crippen molar-refractivity contribution in [3.05, 3.63) is 0 Å². The second kappa shape index (κ2) is 38.6. The van der Waals surface area contributed by atoms with Gasteiger partial charge in [0.1, 0.15) is 36.6 Å². The molecule has 0 spiro atoms. The molecule has 0 aliphatic carbocycles. The van der Waals surface area contributed by atoms with Gasteiger partial charge in [-0.3, -0.25) is 33.5 Å². The standard InChI is InChI=1S/C11H22O34S8.8K/c12-46(13,14)38-3-6(41-49(21,22)23)8(43-51(27,28)29)7(42-50(24,25)26)4(39-47(15,16)17)1-36-11-10(45-53(33,34)35)9(44-52(30,31)32)5(2-37-11)40-48(18,19)20;;;;;;;;/h4-11H,1-3H2,(H,12,13,14)(H,15,16,17)(H,18,19,20)(H,21,22,23)(H,24,25,26)(H,27,28,29)(H,30,31,32)(H,33,34,35);;;;;;;;/q;8*+1/p-8/t4-,5-,6-,7-,8-,9+,10-,11-;;;;;;;;/m1......../s1. The number of ether oxygens (including phenoxy) is 2. The number of hydrogen-bond acceptors (Lipinski definition) is 34. The van der Waals surface area contributed by atoms with E-state index in [1.165, 1.54) is 0 Å². The van der Waals surface area contributed by atoms with E-state index in [1.807, 2.05) is 0 Å². The van der Waals surface area contributed by atoms with E-state index in [-0.39, 0.29) is 411 Å². The zero-order valence-electron chi connectivity index (χ0n) is 31.9. The van der Waals surface area contributed by atoms with E-state index >= 15 is 0 Å². The average molecular weight is 1260 g/mol. The van der Waals surface area contributed by atoms with E-state index in [0.29, 0.717) is 0 Å². The number of hydrogen-bond donors (Lipinski definition) is 0. The van der Waals surface area contributed by atoms with Crippen molar-refractivity contribution in [2.24, 2.45) is 0 Å².